The maximum atomic E-state index is 14.0. The molecule has 0 bridgehead atoms. The van der Waals surface area contributed by atoms with Gasteiger partial charge in [-0.2, -0.15) is 5.10 Å². The molecule has 1 aliphatic heterocycles. The van der Waals surface area contributed by atoms with Crippen LogP contribution in [0.3, 0.4) is 0 Å². The number of nitrogens with zero attached hydrogens (tertiary/aromatic N) is 3. The number of rotatable bonds is 8. The molecule has 0 radical (unpaired) electrons. The summed E-state index contributed by atoms with van der Waals surface area (Å²) in [5.74, 6) is 0.0211. The number of hydrogen-bond acceptors (Lipinski definition) is 4. The third-order valence-corrected chi connectivity index (χ3v) is 8.70. The smallest absolute Gasteiger partial charge is 0.273 e. The highest BCUT2D eigenvalue weighted by Crippen LogP contribution is 2.36. The van der Waals surface area contributed by atoms with Gasteiger partial charge in [-0.05, 0) is 63.1 Å². The third-order valence-electron chi connectivity index (χ3n) is 7.63. The van der Waals surface area contributed by atoms with E-state index < -0.39 is 5.54 Å². The van der Waals surface area contributed by atoms with Crippen molar-refractivity contribution in [3.63, 3.8) is 0 Å². The normalized spacial score (nSPS) is 22.2. The minimum Gasteiger partial charge on any atom is -0.384 e. The first-order chi connectivity index (χ1) is 16.8. The van der Waals surface area contributed by atoms with Crippen LogP contribution in [0.2, 0.25) is 0 Å². The van der Waals surface area contributed by atoms with Gasteiger partial charge in [0.05, 0.1) is 23.0 Å². The van der Waals surface area contributed by atoms with Crippen LogP contribution < -0.4 is 5.32 Å². The first-order valence-electron chi connectivity index (χ1n) is 13.0. The molecule has 2 aromatic rings. The number of carbonyl (C=O) groups excluding carboxylic acids is 1. The fraction of sp³-hybridized carbons (Fsp3) is 0.517. The molecule has 1 N–H and O–H groups in total. The van der Waals surface area contributed by atoms with Crippen LogP contribution in [0.1, 0.15) is 91.9 Å². The predicted molar refractivity (Wildman–Crippen MR) is 146 cm³/mol. The molecule has 2 heterocycles. The zero-order valence-corrected chi connectivity index (χ0v) is 22.5. The number of hydrogen-bond donors (Lipinski definition) is 1. The second kappa shape index (κ2) is 11.1. The topological polar surface area (TPSA) is 50.2 Å². The molecule has 0 saturated heterocycles. The van der Waals surface area contributed by atoms with E-state index in [1.165, 1.54) is 36.8 Å². The summed E-state index contributed by atoms with van der Waals surface area (Å²) in [5, 5.41) is 10.9. The zero-order chi connectivity index (χ0) is 25.0. The van der Waals surface area contributed by atoms with E-state index in [1.54, 1.807) is 11.8 Å². The molecule has 35 heavy (non-hydrogen) atoms. The second-order valence-electron chi connectivity index (χ2n) is 10.3. The summed E-state index contributed by atoms with van der Waals surface area (Å²) in [4.78, 5) is 16.0. The third kappa shape index (κ3) is 5.53. The van der Waals surface area contributed by atoms with Gasteiger partial charge in [0.25, 0.3) is 5.91 Å². The second-order valence-corrected chi connectivity index (χ2v) is 11.5. The van der Waals surface area contributed by atoms with Gasteiger partial charge in [-0.1, -0.05) is 62.6 Å². The van der Waals surface area contributed by atoms with Gasteiger partial charge < -0.3 is 10.2 Å². The Bertz CT molecular complexity index is 1080. The molecule has 1 aromatic carbocycles. The lowest BCUT2D eigenvalue weighted by atomic mass is 9.90. The molecule has 2 atom stereocenters. The van der Waals surface area contributed by atoms with Gasteiger partial charge in [0.1, 0.15) is 5.69 Å². The van der Waals surface area contributed by atoms with E-state index in [0.29, 0.717) is 24.8 Å². The van der Waals surface area contributed by atoms with Crippen molar-refractivity contribution in [2.24, 2.45) is 0 Å². The highest BCUT2D eigenvalue weighted by molar-refractivity contribution is 8.02. The van der Waals surface area contributed by atoms with Crippen molar-refractivity contribution >= 4 is 17.7 Å². The Hall–Kier alpha value is -2.47. The zero-order valence-electron chi connectivity index (χ0n) is 21.7. The number of thioether (sulfide) groups is 1. The summed E-state index contributed by atoms with van der Waals surface area (Å²) in [6, 6.07) is 10.7. The minimum atomic E-state index is -0.582. The van der Waals surface area contributed by atoms with Crippen LogP contribution in [0.4, 0.5) is 0 Å². The van der Waals surface area contributed by atoms with Crippen molar-refractivity contribution in [3.05, 3.63) is 76.6 Å². The maximum Gasteiger partial charge on any atom is 0.273 e. The van der Waals surface area contributed by atoms with Crippen molar-refractivity contribution in [2.75, 3.05) is 0 Å². The number of aromatic nitrogens is 2. The fourth-order valence-electron chi connectivity index (χ4n) is 5.22. The van der Waals surface area contributed by atoms with E-state index >= 15 is 0 Å². The molecule has 1 aliphatic carbocycles. The number of amides is 1. The lowest BCUT2D eigenvalue weighted by Crippen LogP contribution is -2.60. The van der Waals surface area contributed by atoms with Crippen LogP contribution in [0.5, 0.6) is 0 Å². The molecule has 2 aliphatic rings. The number of fused-ring (bicyclic) bond motifs is 1. The summed E-state index contributed by atoms with van der Waals surface area (Å²) in [6.45, 7) is 14.1. The molecule has 6 heteroatoms. The largest absolute Gasteiger partial charge is 0.384 e. The van der Waals surface area contributed by atoms with E-state index in [-0.39, 0.29) is 11.2 Å². The molecule has 1 aromatic heterocycles. The van der Waals surface area contributed by atoms with Gasteiger partial charge in [0, 0.05) is 18.3 Å². The Morgan fingerprint density at radius 1 is 1.29 bits per heavy atom. The Kier molecular flexibility index (Phi) is 8.10. The summed E-state index contributed by atoms with van der Waals surface area (Å²) in [6.07, 6.45) is 9.48. The quantitative estimate of drug-likeness (QED) is 0.414. The van der Waals surface area contributed by atoms with Crippen molar-refractivity contribution < 1.29 is 4.79 Å². The van der Waals surface area contributed by atoms with Gasteiger partial charge >= 0.3 is 0 Å². The van der Waals surface area contributed by atoms with Gasteiger partial charge in [-0.25, -0.2) is 0 Å². The molecular weight excluding hydrogens is 452 g/mol. The molecule has 1 amide bonds. The molecule has 4 rings (SSSR count). The van der Waals surface area contributed by atoms with Gasteiger partial charge in [0.2, 0.25) is 0 Å². The van der Waals surface area contributed by atoms with Gasteiger partial charge in [0.15, 0.2) is 0 Å². The predicted octanol–water partition coefficient (Wildman–Crippen LogP) is 6.76. The summed E-state index contributed by atoms with van der Waals surface area (Å²) in [7, 11) is 0. The maximum absolute atomic E-state index is 14.0. The van der Waals surface area contributed by atoms with Gasteiger partial charge in [-0.15, -0.1) is 11.8 Å². The average molecular weight is 493 g/mol. The Morgan fingerprint density at radius 3 is 2.69 bits per heavy atom. The minimum absolute atomic E-state index is 0.0211. The highest BCUT2D eigenvalue weighted by Gasteiger charge is 2.45. The van der Waals surface area contributed by atoms with Crippen molar-refractivity contribution in [2.45, 2.75) is 96.1 Å². The Morgan fingerprint density at radius 2 is 2.00 bits per heavy atom. The van der Waals surface area contributed by atoms with Crippen LogP contribution in [0.15, 0.2) is 54.1 Å². The van der Waals surface area contributed by atoms with E-state index in [2.05, 4.69) is 56.3 Å². The van der Waals surface area contributed by atoms with Crippen LogP contribution in [0, 0.1) is 6.92 Å². The highest BCUT2D eigenvalue weighted by atomic mass is 32.2. The van der Waals surface area contributed by atoms with E-state index in [0.717, 1.165) is 24.2 Å². The van der Waals surface area contributed by atoms with Crippen LogP contribution >= 0.6 is 11.8 Å². The van der Waals surface area contributed by atoms with Crippen LogP contribution in [0.25, 0.3) is 0 Å². The van der Waals surface area contributed by atoms with Crippen LogP contribution in [-0.2, 0) is 13.1 Å². The molecule has 0 spiro atoms. The summed E-state index contributed by atoms with van der Waals surface area (Å²) >= 11 is 1.72. The molecule has 1 fully saturated rings. The SMILES string of the molecule is C=C(NC1CCCCCC1)C1(C)Cn2nc(C(C)S/C=C\C)cc2C(=O)N1Cc1ccccc1C. The fourth-order valence-corrected chi connectivity index (χ4v) is 5.87. The average Bonchev–Trinajstić information content (AvgIpc) is 3.10. The van der Waals surface area contributed by atoms with E-state index in [1.807, 2.05) is 34.7 Å². The molecule has 1 saturated carbocycles. The van der Waals surface area contributed by atoms with Crippen molar-refractivity contribution in [3.8, 4) is 0 Å². The van der Waals surface area contributed by atoms with E-state index in [9.17, 15) is 4.79 Å². The van der Waals surface area contributed by atoms with Gasteiger partial charge in [-0.3, -0.25) is 9.48 Å². The molecule has 2 unspecified atom stereocenters. The number of allylic oxidation sites excluding steroid dienone is 1. The first kappa shape index (κ1) is 25.6. The lowest BCUT2D eigenvalue weighted by Gasteiger charge is -2.47. The summed E-state index contributed by atoms with van der Waals surface area (Å²) < 4.78 is 1.92. The van der Waals surface area contributed by atoms with E-state index in [4.69, 9.17) is 5.10 Å². The van der Waals surface area contributed by atoms with Crippen molar-refractivity contribution in [1.82, 2.24) is 20.0 Å². The molecular formula is C29H40N4OS. The number of aryl methyl sites for hydroxylation is 1. The standard InChI is InChI=1S/C29H40N4OS/c1-6-17-35-22(3)26-18-27-28(34)32(19-24-14-12-11-13-21(24)2)29(5,20-33(27)31-26)23(4)30-25-15-9-7-8-10-16-25/h6,11-14,17-18,22,25,30H,4,7-10,15-16,19-20H2,1-3,5H3/b17-6-. The van der Waals surface area contributed by atoms with Crippen molar-refractivity contribution in [1.29, 1.82) is 0 Å². The summed E-state index contributed by atoms with van der Waals surface area (Å²) in [5.41, 5.74) is 4.31. The Labute approximate surface area is 215 Å². The molecule has 188 valence electrons. The molecule has 5 nitrogen and oxygen atoms in total. The number of carbonyl (C=O) groups is 1. The lowest BCUT2D eigenvalue weighted by molar-refractivity contribution is 0.0393. The first-order valence-corrected chi connectivity index (χ1v) is 13.9. The van der Waals surface area contributed by atoms with Crippen LogP contribution in [-0.4, -0.2) is 32.2 Å². The Balaban J connectivity index is 1.68. The number of benzene rings is 1. The monoisotopic (exact) mass is 492 g/mol. The number of nitrogens with one attached hydrogen (secondary N) is 1.